The van der Waals surface area contributed by atoms with E-state index >= 15 is 0 Å². The third kappa shape index (κ3) is 2.30. The number of hydrogen-bond acceptors (Lipinski definition) is 7. The Balaban J connectivity index is 2.41. The van der Waals surface area contributed by atoms with Crippen LogP contribution in [0.3, 0.4) is 0 Å². The number of nitriles is 1. The number of aromatic nitrogens is 3. The van der Waals surface area contributed by atoms with E-state index in [0.717, 1.165) is 6.20 Å². The first-order valence-corrected chi connectivity index (χ1v) is 5.83. The summed E-state index contributed by atoms with van der Waals surface area (Å²) in [7, 11) is 0. The van der Waals surface area contributed by atoms with Gasteiger partial charge in [0.25, 0.3) is 0 Å². The molecule has 1 atom stereocenters. The Morgan fingerprint density at radius 2 is 2.37 bits per heavy atom. The molecule has 2 aromatic heterocycles. The van der Waals surface area contributed by atoms with Gasteiger partial charge in [0.2, 0.25) is 17.5 Å². The summed E-state index contributed by atoms with van der Waals surface area (Å²) in [5.74, 6) is 0.459. The van der Waals surface area contributed by atoms with Crippen molar-refractivity contribution in [3.63, 3.8) is 0 Å². The molecule has 0 amide bonds. The number of thiol groups is 1. The number of nitro groups is 1. The van der Waals surface area contributed by atoms with E-state index in [2.05, 4.69) is 22.6 Å². The average molecular weight is 279 g/mol. The van der Waals surface area contributed by atoms with Crippen molar-refractivity contribution in [1.29, 1.82) is 5.26 Å². The van der Waals surface area contributed by atoms with Gasteiger partial charge in [0.05, 0.1) is 12.7 Å². The second-order valence-electron chi connectivity index (χ2n) is 3.55. The van der Waals surface area contributed by atoms with E-state index in [1.165, 1.54) is 10.8 Å². The molecule has 0 spiro atoms. The molecule has 0 aromatic carbocycles. The number of imidazole rings is 1. The Morgan fingerprint density at radius 3 is 2.89 bits per heavy atom. The van der Waals surface area contributed by atoms with Gasteiger partial charge in [0.15, 0.2) is 5.25 Å². The van der Waals surface area contributed by atoms with Crippen molar-refractivity contribution in [1.82, 2.24) is 14.5 Å². The molecule has 2 aromatic rings. The highest BCUT2D eigenvalue weighted by atomic mass is 32.1. The van der Waals surface area contributed by atoms with Gasteiger partial charge in [-0.3, -0.25) is 0 Å². The van der Waals surface area contributed by atoms with Crippen LogP contribution in [0.2, 0.25) is 0 Å². The minimum atomic E-state index is -0.671. The van der Waals surface area contributed by atoms with Gasteiger partial charge in [-0.1, -0.05) is 0 Å². The minimum Gasteiger partial charge on any atom is -0.428 e. The monoisotopic (exact) mass is 279 g/mol. The molecule has 19 heavy (non-hydrogen) atoms. The molecule has 0 aliphatic heterocycles. The molecule has 2 heterocycles. The second-order valence-corrected chi connectivity index (χ2v) is 4.07. The Kier molecular flexibility index (Phi) is 3.52. The highest BCUT2D eigenvalue weighted by Crippen LogP contribution is 2.29. The summed E-state index contributed by atoms with van der Waals surface area (Å²) in [5.41, 5.74) is 0. The maximum atomic E-state index is 10.8. The van der Waals surface area contributed by atoms with Crippen LogP contribution < -0.4 is 0 Å². The van der Waals surface area contributed by atoms with Crippen LogP contribution in [0.15, 0.2) is 16.8 Å². The van der Waals surface area contributed by atoms with Gasteiger partial charge >= 0.3 is 5.82 Å². The average Bonchev–Trinajstić information content (AvgIpc) is 3.03. The lowest BCUT2D eigenvalue weighted by Crippen LogP contribution is -2.08. The van der Waals surface area contributed by atoms with Crippen LogP contribution in [0, 0.1) is 21.4 Å². The van der Waals surface area contributed by atoms with Crippen LogP contribution in [0.4, 0.5) is 5.82 Å². The molecule has 9 heteroatoms. The molecule has 0 fully saturated rings. The van der Waals surface area contributed by atoms with Crippen molar-refractivity contribution in [2.75, 3.05) is 0 Å². The fourth-order valence-corrected chi connectivity index (χ4v) is 1.97. The van der Waals surface area contributed by atoms with Gasteiger partial charge < -0.3 is 14.5 Å². The molecule has 0 saturated carbocycles. The topological polar surface area (TPSA) is 111 Å². The lowest BCUT2D eigenvalue weighted by Gasteiger charge is -2.05. The first-order chi connectivity index (χ1) is 9.08. The third-order valence-corrected chi connectivity index (χ3v) is 2.93. The fraction of sp³-hybridized carbons (Fsp3) is 0.300. The zero-order valence-electron chi connectivity index (χ0n) is 9.85. The molecule has 0 aliphatic carbocycles. The molecular formula is C10H9N5O3S. The summed E-state index contributed by atoms with van der Waals surface area (Å²) < 4.78 is 6.56. The van der Waals surface area contributed by atoms with Crippen LogP contribution in [-0.4, -0.2) is 19.5 Å². The van der Waals surface area contributed by atoms with E-state index in [0.29, 0.717) is 12.4 Å². The Hall–Kier alpha value is -2.34. The zero-order valence-corrected chi connectivity index (χ0v) is 10.7. The van der Waals surface area contributed by atoms with Gasteiger partial charge in [0, 0.05) is 0 Å². The number of rotatable bonds is 4. The fourth-order valence-electron chi connectivity index (χ4n) is 1.64. The first kappa shape index (κ1) is 13.1. The lowest BCUT2D eigenvalue weighted by atomic mass is 10.4. The smallest absolute Gasteiger partial charge is 0.342 e. The van der Waals surface area contributed by atoms with Crippen molar-refractivity contribution < 1.29 is 9.34 Å². The van der Waals surface area contributed by atoms with Crippen LogP contribution in [0.5, 0.6) is 0 Å². The maximum absolute atomic E-state index is 10.8. The highest BCUT2D eigenvalue weighted by molar-refractivity contribution is 7.80. The molecule has 0 radical (unpaired) electrons. The Labute approximate surface area is 113 Å². The predicted octanol–water partition coefficient (Wildman–Crippen LogP) is 1.69. The SMILES string of the molecule is CCn1c([N+](=O)[O-])cnc1C(S)c1ncc(C#N)o1. The maximum Gasteiger partial charge on any atom is 0.342 e. The van der Waals surface area contributed by atoms with Gasteiger partial charge in [-0.2, -0.15) is 17.9 Å². The minimum absolute atomic E-state index is 0.0538. The van der Waals surface area contributed by atoms with Crippen molar-refractivity contribution in [3.8, 4) is 6.07 Å². The van der Waals surface area contributed by atoms with E-state index in [-0.39, 0.29) is 17.5 Å². The Morgan fingerprint density at radius 1 is 1.63 bits per heavy atom. The molecule has 98 valence electrons. The normalized spacial score (nSPS) is 12.1. The first-order valence-electron chi connectivity index (χ1n) is 5.32. The van der Waals surface area contributed by atoms with Crippen molar-refractivity contribution in [2.24, 2.45) is 0 Å². The summed E-state index contributed by atoms with van der Waals surface area (Å²) in [4.78, 5) is 18.2. The Bertz CT molecular complexity index is 656. The van der Waals surface area contributed by atoms with Crippen molar-refractivity contribution in [2.45, 2.75) is 18.7 Å². The molecule has 0 saturated heterocycles. The van der Waals surface area contributed by atoms with E-state index in [1.54, 1.807) is 6.92 Å². The number of oxazole rings is 1. The number of hydrogen-bond donors (Lipinski definition) is 1. The van der Waals surface area contributed by atoms with E-state index in [1.807, 2.05) is 6.07 Å². The highest BCUT2D eigenvalue weighted by Gasteiger charge is 2.28. The largest absolute Gasteiger partial charge is 0.428 e. The molecule has 0 bridgehead atoms. The third-order valence-electron chi connectivity index (χ3n) is 2.48. The van der Waals surface area contributed by atoms with E-state index < -0.39 is 10.2 Å². The predicted molar refractivity (Wildman–Crippen MR) is 66.6 cm³/mol. The molecule has 1 unspecified atom stereocenters. The van der Waals surface area contributed by atoms with Crippen LogP contribution in [0.25, 0.3) is 0 Å². The number of nitrogens with zero attached hydrogens (tertiary/aromatic N) is 5. The van der Waals surface area contributed by atoms with Gasteiger partial charge in [-0.15, -0.1) is 0 Å². The quantitative estimate of drug-likeness (QED) is 0.518. The summed E-state index contributed by atoms with van der Waals surface area (Å²) in [6, 6.07) is 1.81. The summed E-state index contributed by atoms with van der Waals surface area (Å²) >= 11 is 4.30. The standard InChI is InChI=1S/C10H9N5O3S/c1-2-14-7(15(16)17)5-12-9(14)8(19)10-13-4-6(3-11)18-10/h4-5,8,19H,2H2,1H3. The van der Waals surface area contributed by atoms with E-state index in [9.17, 15) is 10.1 Å². The molecule has 0 N–H and O–H groups in total. The summed E-state index contributed by atoms with van der Waals surface area (Å²) in [5, 5.41) is 18.8. The summed E-state index contributed by atoms with van der Waals surface area (Å²) in [6.45, 7) is 2.13. The van der Waals surface area contributed by atoms with Crippen LogP contribution in [-0.2, 0) is 6.54 Å². The van der Waals surface area contributed by atoms with E-state index in [4.69, 9.17) is 9.68 Å². The van der Waals surface area contributed by atoms with Gasteiger partial charge in [-0.25, -0.2) is 14.5 Å². The van der Waals surface area contributed by atoms with Gasteiger partial charge in [-0.05, 0) is 11.8 Å². The zero-order chi connectivity index (χ0) is 14.0. The van der Waals surface area contributed by atoms with Crippen molar-refractivity contribution >= 4 is 18.4 Å². The molecular weight excluding hydrogens is 270 g/mol. The lowest BCUT2D eigenvalue weighted by molar-refractivity contribution is -0.392. The molecule has 0 aliphatic rings. The van der Waals surface area contributed by atoms with Crippen LogP contribution in [0.1, 0.15) is 29.6 Å². The molecule has 2 rings (SSSR count). The summed E-state index contributed by atoms with van der Waals surface area (Å²) in [6.07, 6.45) is 2.43. The van der Waals surface area contributed by atoms with Gasteiger partial charge in [0.1, 0.15) is 12.3 Å². The van der Waals surface area contributed by atoms with Crippen molar-refractivity contribution in [3.05, 3.63) is 40.0 Å². The van der Waals surface area contributed by atoms with Crippen LogP contribution >= 0.6 is 12.6 Å². The second kappa shape index (κ2) is 5.11. The molecule has 8 nitrogen and oxygen atoms in total.